The fraction of sp³-hybridized carbons (Fsp3) is 0.176. The van der Waals surface area contributed by atoms with Crippen molar-refractivity contribution in [1.82, 2.24) is 29.9 Å². The van der Waals surface area contributed by atoms with Gasteiger partial charge in [0.1, 0.15) is 12.2 Å². The molecule has 4 heterocycles. The van der Waals surface area contributed by atoms with Gasteiger partial charge in [0.25, 0.3) is 11.8 Å². The van der Waals surface area contributed by atoms with Gasteiger partial charge in [-0.2, -0.15) is 10.2 Å². The van der Waals surface area contributed by atoms with Crippen LogP contribution in [0.2, 0.25) is 0 Å². The van der Waals surface area contributed by atoms with Gasteiger partial charge in [0.15, 0.2) is 23.1 Å². The molecule has 4 aromatic heterocycles. The molecule has 1 saturated carbocycles. The zero-order valence-electron chi connectivity index (χ0n) is 37.2. The van der Waals surface area contributed by atoms with Gasteiger partial charge < -0.3 is 26.3 Å². The van der Waals surface area contributed by atoms with E-state index >= 15 is 4.79 Å². The van der Waals surface area contributed by atoms with Crippen molar-refractivity contribution in [1.29, 1.82) is 0 Å². The number of nitrogens with one attached hydrogen (secondary N) is 2. The number of nitrogens with two attached hydrogens (primary N) is 2. The largest absolute Gasteiger partial charge is 0.482 e. The predicted molar refractivity (Wildman–Crippen MR) is 266 cm³/mol. The number of carbonyl (C=O) groups is 2. The van der Waals surface area contributed by atoms with Crippen molar-refractivity contribution in [2.75, 3.05) is 34.2 Å². The van der Waals surface area contributed by atoms with Crippen molar-refractivity contribution < 1.29 is 19.1 Å². The molecule has 4 aromatic carbocycles. The molecule has 0 radical (unpaired) electrons. The molecule has 0 aliphatic heterocycles. The first-order valence-corrected chi connectivity index (χ1v) is 24.1. The van der Waals surface area contributed by atoms with Crippen LogP contribution < -0.4 is 31.2 Å². The van der Waals surface area contributed by atoms with E-state index in [-0.39, 0.29) is 29.0 Å². The quantitative estimate of drug-likeness (QED) is 0.0671. The fourth-order valence-corrected chi connectivity index (χ4v) is 8.43. The summed E-state index contributed by atoms with van der Waals surface area (Å²) in [5.74, 6) is 0.586. The number of amides is 2. The molecule has 1 aliphatic carbocycles. The van der Waals surface area contributed by atoms with Crippen molar-refractivity contribution in [3.8, 4) is 33.8 Å². The van der Waals surface area contributed by atoms with Gasteiger partial charge in [-0.25, -0.2) is 9.97 Å². The average molecular weight is 929 g/mol. The minimum atomic E-state index is -0.522. The molecule has 1 aliphatic rings. The molecule has 2 amide bonds. The van der Waals surface area contributed by atoms with Crippen LogP contribution >= 0.6 is 23.5 Å². The van der Waals surface area contributed by atoms with Crippen LogP contribution in [0.3, 0.4) is 0 Å². The normalized spacial score (nSPS) is 13.1. The monoisotopic (exact) mass is 928 g/mol. The highest BCUT2D eigenvalue weighted by Crippen LogP contribution is 2.39. The van der Waals surface area contributed by atoms with Crippen molar-refractivity contribution in [2.45, 2.75) is 54.7 Å². The number of aromatic nitrogens is 6. The van der Waals surface area contributed by atoms with Gasteiger partial charge in [-0.1, -0.05) is 24.3 Å². The Balaban J connectivity index is 1.07. The maximum Gasteiger partial charge on any atom is 0.264 e. The zero-order valence-corrected chi connectivity index (χ0v) is 38.8. The minimum Gasteiger partial charge on any atom is -0.482 e. The Morgan fingerprint density at radius 3 is 1.90 bits per heavy atom. The molecule has 6 N–H and O–H groups in total. The molecule has 0 spiro atoms. The molecule has 0 unspecified atom stereocenters. The van der Waals surface area contributed by atoms with Crippen LogP contribution in [-0.4, -0.2) is 54.3 Å². The van der Waals surface area contributed by atoms with E-state index in [9.17, 15) is 4.79 Å². The number of hydrogen-bond donors (Lipinski definition) is 4. The van der Waals surface area contributed by atoms with Crippen LogP contribution in [0.15, 0.2) is 150 Å². The lowest BCUT2D eigenvalue weighted by molar-refractivity contribution is 0.1000. The molecular weight excluding hydrogens is 881 g/mol. The third-order valence-electron chi connectivity index (χ3n) is 11.5. The number of carbonyl (C=O) groups excluding carboxylic acids is 2. The second-order valence-electron chi connectivity index (χ2n) is 16.1. The molecule has 1 fully saturated rings. The predicted octanol–water partition coefficient (Wildman–Crippen LogP) is 11.2. The summed E-state index contributed by atoms with van der Waals surface area (Å²) in [6.07, 6.45) is 15.8. The van der Waals surface area contributed by atoms with Gasteiger partial charge in [-0.3, -0.25) is 24.3 Å². The van der Waals surface area contributed by atoms with Gasteiger partial charge in [0.05, 0.1) is 29.7 Å². The number of nitrogens with zero attached hydrogens (tertiary/aromatic N) is 6. The molecule has 8 aromatic rings. The Labute approximate surface area is 396 Å². The number of rotatable bonds is 16. The Morgan fingerprint density at radius 1 is 0.731 bits per heavy atom. The maximum atomic E-state index is 15.4. The van der Waals surface area contributed by atoms with Gasteiger partial charge in [0, 0.05) is 73.8 Å². The Kier molecular flexibility index (Phi) is 13.0. The van der Waals surface area contributed by atoms with Crippen LogP contribution in [-0.2, 0) is 0 Å². The van der Waals surface area contributed by atoms with Crippen LogP contribution in [0.1, 0.15) is 76.8 Å². The molecule has 338 valence electrons. The van der Waals surface area contributed by atoms with Gasteiger partial charge in [-0.05, 0) is 129 Å². The molecule has 9 rings (SSSR count). The van der Waals surface area contributed by atoms with E-state index in [4.69, 9.17) is 20.9 Å². The fourth-order valence-electron chi connectivity index (χ4n) is 7.58. The standard InChI is InChI=1S/C51H48N10O4S2/c1-30(64-46-21-35(24-54-48(46)52)37-26-56-57-27-37)33-7-5-9-40(19-33)61(51(63)44-18-17-43(67-4)23-45(44)59-50(62)32-11-15-42(66-3)16-12-32)41-10-6-8-34(20-41)31(2)65-47-22-36(25-55-49(47)53)38-28-58-60(29-38)39-13-14-39/h5-12,15-31,39H,13-14H2,1-4H3,(H2,52,54)(H2,53,55)(H,56,57)(H,59,62)/t30-,31-/m1/s1. The number of hydrogen-bond acceptors (Lipinski definition) is 12. The topological polar surface area (TPSA) is 192 Å². The van der Waals surface area contributed by atoms with Crippen molar-refractivity contribution in [2.24, 2.45) is 0 Å². The first-order chi connectivity index (χ1) is 32.5. The van der Waals surface area contributed by atoms with Crippen molar-refractivity contribution in [3.63, 3.8) is 0 Å². The van der Waals surface area contributed by atoms with Crippen LogP contribution in [0.4, 0.5) is 28.7 Å². The van der Waals surface area contributed by atoms with Crippen LogP contribution in [0, 0.1) is 0 Å². The van der Waals surface area contributed by atoms with Crippen LogP contribution in [0.5, 0.6) is 11.5 Å². The smallest absolute Gasteiger partial charge is 0.264 e. The molecular formula is C51H48N10O4S2. The highest BCUT2D eigenvalue weighted by molar-refractivity contribution is 7.98. The Bertz CT molecular complexity index is 3070. The second-order valence-corrected chi connectivity index (χ2v) is 17.8. The number of ether oxygens (including phenoxy) is 2. The molecule has 0 saturated heterocycles. The first kappa shape index (κ1) is 44.6. The zero-order chi connectivity index (χ0) is 46.6. The average Bonchev–Trinajstić information content (AvgIpc) is 3.81. The van der Waals surface area contributed by atoms with E-state index in [0.29, 0.717) is 40.2 Å². The van der Waals surface area contributed by atoms with Gasteiger partial charge in [-0.15, -0.1) is 23.5 Å². The molecule has 16 heteroatoms. The van der Waals surface area contributed by atoms with E-state index in [0.717, 1.165) is 56.0 Å². The molecule has 0 bridgehead atoms. The molecule has 14 nitrogen and oxygen atoms in total. The number of aromatic amines is 1. The van der Waals surface area contributed by atoms with E-state index in [2.05, 4.69) is 30.6 Å². The molecule has 2 atom stereocenters. The summed E-state index contributed by atoms with van der Waals surface area (Å²) in [5, 5.41) is 14.5. The summed E-state index contributed by atoms with van der Waals surface area (Å²) in [7, 11) is 0. The minimum absolute atomic E-state index is 0.234. The lowest BCUT2D eigenvalue weighted by Crippen LogP contribution is -2.28. The number of pyridine rings is 2. The highest BCUT2D eigenvalue weighted by atomic mass is 32.2. The molecule has 67 heavy (non-hydrogen) atoms. The summed E-state index contributed by atoms with van der Waals surface area (Å²) >= 11 is 3.10. The van der Waals surface area contributed by atoms with E-state index in [1.807, 2.05) is 128 Å². The van der Waals surface area contributed by atoms with Crippen LogP contribution in [0.25, 0.3) is 22.3 Å². The lowest BCUT2D eigenvalue weighted by atomic mass is 10.0. The van der Waals surface area contributed by atoms with E-state index < -0.39 is 12.2 Å². The first-order valence-electron chi connectivity index (χ1n) is 21.6. The maximum absolute atomic E-state index is 15.4. The van der Waals surface area contributed by atoms with E-state index in [1.54, 1.807) is 59.6 Å². The third-order valence-corrected chi connectivity index (χ3v) is 13.0. The highest BCUT2D eigenvalue weighted by Gasteiger charge is 2.27. The van der Waals surface area contributed by atoms with Crippen molar-refractivity contribution >= 4 is 64.0 Å². The lowest BCUT2D eigenvalue weighted by Gasteiger charge is -2.27. The SMILES string of the molecule is CSc1ccc(C(=O)Nc2cc(SC)ccc2C(=O)N(c2cccc([C@@H](C)Oc3cc(-c4cn[nH]c4)cnc3N)c2)c2cccc([C@@H](C)Oc3cc(-c4cnn(C5CC5)c4)cnc3N)c2)cc1. The van der Waals surface area contributed by atoms with Gasteiger partial charge in [0.2, 0.25) is 0 Å². The number of anilines is 5. The summed E-state index contributed by atoms with van der Waals surface area (Å²) in [6.45, 7) is 3.83. The summed E-state index contributed by atoms with van der Waals surface area (Å²) in [5.41, 5.74) is 19.9. The Hall–Kier alpha value is -7.56. The number of benzene rings is 4. The summed E-state index contributed by atoms with van der Waals surface area (Å²) in [4.78, 5) is 41.6. The summed E-state index contributed by atoms with van der Waals surface area (Å²) in [6, 6.07) is 32.1. The Morgan fingerprint density at radius 2 is 1.33 bits per heavy atom. The van der Waals surface area contributed by atoms with Crippen molar-refractivity contribution in [3.05, 3.63) is 163 Å². The second kappa shape index (κ2) is 19.5. The summed E-state index contributed by atoms with van der Waals surface area (Å²) < 4.78 is 15.0. The number of H-pyrrole nitrogens is 1. The van der Waals surface area contributed by atoms with Gasteiger partial charge >= 0.3 is 0 Å². The van der Waals surface area contributed by atoms with E-state index in [1.165, 1.54) is 11.8 Å². The number of nitrogen functional groups attached to an aromatic ring is 2. The number of thioether (sulfide) groups is 2. The third kappa shape index (κ3) is 10.0.